The first-order chi connectivity index (χ1) is 19.7. The number of likely N-dealkylation sites (tertiary alicyclic amines) is 1. The van der Waals surface area contributed by atoms with E-state index in [-0.39, 0.29) is 23.1 Å². The van der Waals surface area contributed by atoms with Gasteiger partial charge in [-0.1, -0.05) is 54.1 Å². The van der Waals surface area contributed by atoms with E-state index in [4.69, 9.17) is 11.6 Å². The Labute approximate surface area is 243 Å². The summed E-state index contributed by atoms with van der Waals surface area (Å²) in [6, 6.07) is 24.5. The molecule has 41 heavy (non-hydrogen) atoms. The molecule has 2 heterocycles. The average Bonchev–Trinajstić information content (AvgIpc) is 3.47. The molecule has 1 saturated heterocycles. The van der Waals surface area contributed by atoms with Crippen LogP contribution in [0.4, 0.5) is 11.4 Å². The number of aromatic nitrogens is 1. The third-order valence-corrected chi connectivity index (χ3v) is 7.92. The van der Waals surface area contributed by atoms with Crippen LogP contribution in [0.25, 0.3) is 11.1 Å². The zero-order valence-corrected chi connectivity index (χ0v) is 23.7. The Morgan fingerprint density at radius 2 is 1.78 bits per heavy atom. The summed E-state index contributed by atoms with van der Waals surface area (Å²) in [7, 11) is 4.01. The van der Waals surface area contributed by atoms with E-state index >= 15 is 0 Å². The zero-order valence-electron chi connectivity index (χ0n) is 22.9. The minimum atomic E-state index is -0.761. The molecule has 8 nitrogen and oxygen atoms in total. The number of carbonyl (C=O) groups is 1. The third kappa shape index (κ3) is 6.18. The molecule has 1 amide bonds. The smallest absolute Gasteiger partial charge is 0.277 e. The summed E-state index contributed by atoms with van der Waals surface area (Å²) in [6.45, 7) is 1.18. The van der Waals surface area contributed by atoms with Crippen LogP contribution in [0, 0.1) is 10.1 Å². The fraction of sp³-hybridized carbons (Fsp3) is 0.250. The van der Waals surface area contributed by atoms with E-state index in [0.29, 0.717) is 30.1 Å². The second kappa shape index (κ2) is 12.0. The fourth-order valence-corrected chi connectivity index (χ4v) is 5.62. The summed E-state index contributed by atoms with van der Waals surface area (Å²) in [5, 5.41) is 11.9. The second-order valence-electron chi connectivity index (χ2n) is 10.5. The highest BCUT2D eigenvalue weighted by Crippen LogP contribution is 2.33. The van der Waals surface area contributed by atoms with Crippen molar-refractivity contribution >= 4 is 28.9 Å². The Morgan fingerprint density at radius 1 is 1.05 bits per heavy atom. The van der Waals surface area contributed by atoms with Crippen LogP contribution in [-0.2, 0) is 11.2 Å². The monoisotopic (exact) mass is 570 g/mol. The second-order valence-corrected chi connectivity index (χ2v) is 11.0. The average molecular weight is 571 g/mol. The van der Waals surface area contributed by atoms with Crippen molar-refractivity contribution in [2.75, 3.05) is 32.1 Å². The number of hydrogen-bond donors (Lipinski definition) is 0. The summed E-state index contributed by atoms with van der Waals surface area (Å²) >= 11 is 6.12. The van der Waals surface area contributed by atoms with Crippen LogP contribution in [0.2, 0.25) is 5.02 Å². The molecular weight excluding hydrogens is 540 g/mol. The maximum Gasteiger partial charge on any atom is 0.277 e. The lowest BCUT2D eigenvalue weighted by Gasteiger charge is -2.26. The van der Waals surface area contributed by atoms with Gasteiger partial charge >= 0.3 is 0 Å². The number of nitrogens with zero attached hydrogens (tertiary/aromatic N) is 4. The Kier molecular flexibility index (Phi) is 8.21. The zero-order chi connectivity index (χ0) is 29.1. The van der Waals surface area contributed by atoms with Gasteiger partial charge in [0.05, 0.1) is 10.5 Å². The molecule has 1 fully saturated rings. The van der Waals surface area contributed by atoms with Crippen LogP contribution in [0.3, 0.4) is 0 Å². The molecule has 210 valence electrons. The highest BCUT2D eigenvalue weighted by atomic mass is 35.5. The van der Waals surface area contributed by atoms with Gasteiger partial charge in [-0.2, -0.15) is 0 Å². The first-order valence-electron chi connectivity index (χ1n) is 13.5. The number of pyridine rings is 1. The molecule has 3 aromatic carbocycles. The number of rotatable bonds is 8. The van der Waals surface area contributed by atoms with Gasteiger partial charge in [0.25, 0.3) is 11.2 Å². The summed E-state index contributed by atoms with van der Waals surface area (Å²) in [6.07, 6.45) is 2.74. The Morgan fingerprint density at radius 3 is 2.44 bits per heavy atom. The predicted octanol–water partition coefficient (Wildman–Crippen LogP) is 5.94. The van der Waals surface area contributed by atoms with Crippen molar-refractivity contribution in [2.45, 2.75) is 24.8 Å². The number of anilines is 1. The van der Waals surface area contributed by atoms with Gasteiger partial charge in [-0.25, -0.2) is 0 Å². The number of carbonyl (C=O) groups excluding carboxylic acids is 1. The summed E-state index contributed by atoms with van der Waals surface area (Å²) in [5.41, 5.74) is 3.30. The summed E-state index contributed by atoms with van der Waals surface area (Å²) in [5.74, 6) is 0.0971. The van der Waals surface area contributed by atoms with Crippen LogP contribution >= 0.6 is 11.6 Å². The Hall–Kier alpha value is -4.43. The molecule has 0 N–H and O–H groups in total. The molecule has 0 saturated carbocycles. The molecule has 0 bridgehead atoms. The Bertz CT molecular complexity index is 1620. The Balaban J connectivity index is 1.45. The van der Waals surface area contributed by atoms with Gasteiger partial charge in [-0.3, -0.25) is 19.7 Å². The molecule has 4 aromatic rings. The van der Waals surface area contributed by atoms with E-state index in [1.54, 1.807) is 12.3 Å². The molecule has 1 aromatic heterocycles. The van der Waals surface area contributed by atoms with E-state index < -0.39 is 16.5 Å². The third-order valence-electron chi connectivity index (χ3n) is 7.69. The van der Waals surface area contributed by atoms with Crippen LogP contribution in [-0.4, -0.2) is 47.5 Å². The maximum atomic E-state index is 14.0. The van der Waals surface area contributed by atoms with Gasteiger partial charge in [0, 0.05) is 68.6 Å². The number of hydrogen-bond acceptors (Lipinski definition) is 5. The molecule has 2 unspecified atom stereocenters. The summed E-state index contributed by atoms with van der Waals surface area (Å²) < 4.78 is 1.44. The number of benzene rings is 3. The maximum absolute atomic E-state index is 14.0. The topological polar surface area (TPSA) is 88.7 Å². The molecule has 9 heteroatoms. The lowest BCUT2D eigenvalue weighted by molar-refractivity contribution is -0.384. The first-order valence-corrected chi connectivity index (χ1v) is 13.9. The van der Waals surface area contributed by atoms with Crippen LogP contribution in [0.15, 0.2) is 95.9 Å². The predicted molar refractivity (Wildman–Crippen MR) is 162 cm³/mol. The van der Waals surface area contributed by atoms with Gasteiger partial charge < -0.3 is 14.4 Å². The number of halogens is 1. The SMILES string of the molecule is CN(C)c1ccc(C2CCN(C(=O)C(Cc3ccccc3)n3ccc(-c4cc(Cl)ccc4[N+](=O)[O-])cc3=O)C2)cc1. The minimum absolute atomic E-state index is 0.121. The quantitative estimate of drug-likeness (QED) is 0.193. The van der Waals surface area contributed by atoms with Gasteiger partial charge in [0.1, 0.15) is 6.04 Å². The molecule has 5 rings (SSSR count). The van der Waals surface area contributed by atoms with Crippen molar-refractivity contribution in [3.63, 3.8) is 0 Å². The van der Waals surface area contributed by atoms with Crippen molar-refractivity contribution in [2.24, 2.45) is 0 Å². The number of amides is 1. The van der Waals surface area contributed by atoms with Crippen LogP contribution in [0.5, 0.6) is 0 Å². The van der Waals surface area contributed by atoms with Crippen molar-refractivity contribution in [3.05, 3.63) is 128 Å². The van der Waals surface area contributed by atoms with Gasteiger partial charge in [-0.05, 0) is 53.4 Å². The largest absolute Gasteiger partial charge is 0.378 e. The minimum Gasteiger partial charge on any atom is -0.378 e. The molecule has 0 spiro atoms. The molecular formula is C32H31ClN4O4. The molecule has 0 radical (unpaired) electrons. The van der Waals surface area contributed by atoms with E-state index in [9.17, 15) is 19.7 Å². The standard InChI is InChI=1S/C32H31ClN4O4/c1-34(2)27-11-8-23(9-12-27)25-14-16-35(21-25)32(39)30(18-22-6-4-3-5-7-22)36-17-15-24(19-31(36)38)28-20-26(33)10-13-29(28)37(40)41/h3-13,15,17,19-20,25,30H,14,16,18,21H2,1-2H3. The van der Waals surface area contributed by atoms with Crippen molar-refractivity contribution in [1.82, 2.24) is 9.47 Å². The normalized spacial score (nSPS) is 15.5. The molecule has 1 aliphatic heterocycles. The van der Waals surface area contributed by atoms with Crippen molar-refractivity contribution < 1.29 is 9.72 Å². The lowest BCUT2D eigenvalue weighted by atomic mass is 9.98. The number of nitro benzene ring substituents is 1. The first kappa shape index (κ1) is 28.1. The van der Waals surface area contributed by atoms with Crippen LogP contribution < -0.4 is 10.5 Å². The fourth-order valence-electron chi connectivity index (χ4n) is 5.44. The van der Waals surface area contributed by atoms with Crippen molar-refractivity contribution in [1.29, 1.82) is 0 Å². The van der Waals surface area contributed by atoms with E-state index in [1.165, 1.54) is 34.4 Å². The molecule has 2 atom stereocenters. The summed E-state index contributed by atoms with van der Waals surface area (Å²) in [4.78, 5) is 42.5. The van der Waals surface area contributed by atoms with Gasteiger partial charge in [0.15, 0.2) is 0 Å². The van der Waals surface area contributed by atoms with Crippen molar-refractivity contribution in [3.8, 4) is 11.1 Å². The van der Waals surface area contributed by atoms with E-state index in [2.05, 4.69) is 29.2 Å². The van der Waals surface area contributed by atoms with Gasteiger partial charge in [0.2, 0.25) is 5.91 Å². The van der Waals surface area contributed by atoms with Crippen LogP contribution in [0.1, 0.15) is 29.5 Å². The van der Waals surface area contributed by atoms with E-state index in [1.807, 2.05) is 49.3 Å². The van der Waals surface area contributed by atoms with E-state index in [0.717, 1.165) is 17.7 Å². The highest BCUT2D eigenvalue weighted by molar-refractivity contribution is 6.31. The molecule has 1 aliphatic rings. The lowest BCUT2D eigenvalue weighted by Crippen LogP contribution is -2.40. The highest BCUT2D eigenvalue weighted by Gasteiger charge is 2.33. The van der Waals surface area contributed by atoms with Gasteiger partial charge in [-0.15, -0.1) is 0 Å². The number of nitro groups is 1. The molecule has 0 aliphatic carbocycles.